The van der Waals surface area contributed by atoms with Crippen molar-refractivity contribution in [2.75, 3.05) is 0 Å². The fraction of sp³-hybridized carbons (Fsp3) is 0. The number of hydrogen-bond acceptors (Lipinski definition) is 3. The summed E-state index contributed by atoms with van der Waals surface area (Å²) in [5.74, 6) is 0.791. The Labute approximate surface area is 82.8 Å². The molecule has 0 atom stereocenters. The van der Waals surface area contributed by atoms with E-state index in [1.165, 1.54) is 0 Å². The summed E-state index contributed by atoms with van der Waals surface area (Å²) in [6, 6.07) is 0. The van der Waals surface area contributed by atoms with Crippen LogP contribution in [0, 0.1) is 3.70 Å². The van der Waals surface area contributed by atoms with Crippen molar-refractivity contribution < 1.29 is 0 Å². The Morgan fingerprint density at radius 2 is 2.08 bits per heavy atom. The van der Waals surface area contributed by atoms with Gasteiger partial charge in [-0.2, -0.15) is 0 Å². The summed E-state index contributed by atoms with van der Waals surface area (Å²) < 4.78 is 2.89. The molecule has 2 aromatic rings. The SMILES string of the molecule is Ic1cncn1-c1cnccn1. The Morgan fingerprint density at radius 1 is 1.17 bits per heavy atom. The standard InChI is InChI=1S/C7H5IN4/c8-6-3-10-5-12(6)7-4-9-1-2-11-7/h1-5H. The fourth-order valence-electron chi connectivity index (χ4n) is 0.863. The number of rotatable bonds is 1. The van der Waals surface area contributed by atoms with E-state index in [9.17, 15) is 0 Å². The molecule has 5 heteroatoms. The highest BCUT2D eigenvalue weighted by Crippen LogP contribution is 2.08. The van der Waals surface area contributed by atoms with Crippen LogP contribution < -0.4 is 0 Å². The molecule has 0 saturated heterocycles. The Balaban J connectivity index is 2.51. The van der Waals surface area contributed by atoms with Crippen LogP contribution in [0.25, 0.3) is 5.82 Å². The predicted octanol–water partition coefficient (Wildman–Crippen LogP) is 1.27. The molecule has 0 fully saturated rings. The molecule has 60 valence electrons. The van der Waals surface area contributed by atoms with Gasteiger partial charge in [-0.15, -0.1) is 0 Å². The monoisotopic (exact) mass is 272 g/mol. The van der Waals surface area contributed by atoms with Crippen molar-refractivity contribution >= 4 is 22.6 Å². The number of aromatic nitrogens is 4. The minimum atomic E-state index is 0.791. The number of hydrogen-bond donors (Lipinski definition) is 0. The van der Waals surface area contributed by atoms with Crippen LogP contribution in [0.4, 0.5) is 0 Å². The summed E-state index contributed by atoms with van der Waals surface area (Å²) >= 11 is 2.19. The lowest BCUT2D eigenvalue weighted by Gasteiger charge is -1.99. The summed E-state index contributed by atoms with van der Waals surface area (Å²) in [6.45, 7) is 0. The third kappa shape index (κ3) is 1.31. The topological polar surface area (TPSA) is 43.6 Å². The van der Waals surface area contributed by atoms with Crippen LogP contribution in [0.5, 0.6) is 0 Å². The second-order valence-electron chi connectivity index (χ2n) is 2.15. The van der Waals surface area contributed by atoms with Crippen LogP contribution in [0.3, 0.4) is 0 Å². The van der Waals surface area contributed by atoms with E-state index in [0.29, 0.717) is 0 Å². The number of imidazole rings is 1. The van der Waals surface area contributed by atoms with Crippen LogP contribution in [0.2, 0.25) is 0 Å². The third-order valence-electron chi connectivity index (χ3n) is 1.39. The van der Waals surface area contributed by atoms with Gasteiger partial charge in [-0.05, 0) is 22.6 Å². The summed E-state index contributed by atoms with van der Waals surface area (Å²) in [5, 5.41) is 0. The first-order chi connectivity index (χ1) is 5.88. The molecule has 0 aromatic carbocycles. The van der Waals surface area contributed by atoms with E-state index in [0.717, 1.165) is 9.52 Å². The Kier molecular flexibility index (Phi) is 2.03. The van der Waals surface area contributed by atoms with Crippen LogP contribution >= 0.6 is 22.6 Å². The maximum atomic E-state index is 4.14. The van der Waals surface area contributed by atoms with Gasteiger partial charge in [0.25, 0.3) is 0 Å². The minimum Gasteiger partial charge on any atom is -0.277 e. The first-order valence-corrected chi connectivity index (χ1v) is 4.40. The highest BCUT2D eigenvalue weighted by Gasteiger charge is 2.00. The van der Waals surface area contributed by atoms with Gasteiger partial charge >= 0.3 is 0 Å². The molecule has 4 nitrogen and oxygen atoms in total. The van der Waals surface area contributed by atoms with Gasteiger partial charge in [0.05, 0.1) is 12.4 Å². The van der Waals surface area contributed by atoms with E-state index < -0.39 is 0 Å². The van der Waals surface area contributed by atoms with E-state index >= 15 is 0 Å². The number of halogens is 1. The molecule has 0 bridgehead atoms. The molecule has 0 saturated carbocycles. The molecule has 0 aliphatic heterocycles. The van der Waals surface area contributed by atoms with Gasteiger partial charge in [-0.25, -0.2) is 9.97 Å². The average molecular weight is 272 g/mol. The van der Waals surface area contributed by atoms with Crippen molar-refractivity contribution in [2.45, 2.75) is 0 Å². The Morgan fingerprint density at radius 3 is 2.67 bits per heavy atom. The van der Waals surface area contributed by atoms with E-state index in [-0.39, 0.29) is 0 Å². The first kappa shape index (κ1) is 7.66. The van der Waals surface area contributed by atoms with Crippen LogP contribution in [0.1, 0.15) is 0 Å². The van der Waals surface area contributed by atoms with Gasteiger partial charge in [-0.3, -0.25) is 9.55 Å². The normalized spacial score (nSPS) is 10.1. The highest BCUT2D eigenvalue weighted by molar-refractivity contribution is 14.1. The summed E-state index contributed by atoms with van der Waals surface area (Å²) in [4.78, 5) is 12.1. The molecule has 0 unspecified atom stereocenters. The molecule has 2 heterocycles. The molecule has 2 rings (SSSR count). The molecule has 0 radical (unpaired) electrons. The molecule has 0 N–H and O–H groups in total. The van der Waals surface area contributed by atoms with Crippen molar-refractivity contribution in [3.63, 3.8) is 0 Å². The van der Waals surface area contributed by atoms with Crippen molar-refractivity contribution in [1.29, 1.82) is 0 Å². The van der Waals surface area contributed by atoms with Gasteiger partial charge in [0.1, 0.15) is 10.0 Å². The zero-order valence-corrected chi connectivity index (χ0v) is 8.21. The van der Waals surface area contributed by atoms with E-state index in [2.05, 4.69) is 37.5 Å². The van der Waals surface area contributed by atoms with Crippen molar-refractivity contribution in [3.05, 3.63) is 34.8 Å². The lowest BCUT2D eigenvalue weighted by molar-refractivity contribution is 0.950. The molecule has 0 amide bonds. The smallest absolute Gasteiger partial charge is 0.157 e. The maximum absolute atomic E-state index is 4.14. The van der Waals surface area contributed by atoms with Gasteiger partial charge in [0.2, 0.25) is 0 Å². The molecule has 2 aromatic heterocycles. The van der Waals surface area contributed by atoms with E-state index in [4.69, 9.17) is 0 Å². The summed E-state index contributed by atoms with van der Waals surface area (Å²) in [6.07, 6.45) is 8.49. The zero-order valence-electron chi connectivity index (χ0n) is 6.05. The fourth-order valence-corrected chi connectivity index (χ4v) is 1.40. The molecular formula is C7H5IN4. The van der Waals surface area contributed by atoms with E-state index in [1.807, 2.05) is 4.57 Å². The maximum Gasteiger partial charge on any atom is 0.157 e. The largest absolute Gasteiger partial charge is 0.277 e. The second-order valence-corrected chi connectivity index (χ2v) is 3.26. The van der Waals surface area contributed by atoms with E-state index in [1.54, 1.807) is 31.1 Å². The average Bonchev–Trinajstić information content (AvgIpc) is 2.53. The third-order valence-corrected chi connectivity index (χ3v) is 2.19. The lowest BCUT2D eigenvalue weighted by atomic mass is 10.6. The molecule has 0 aliphatic carbocycles. The molecular weight excluding hydrogens is 267 g/mol. The Hall–Kier alpha value is -0.980. The molecule has 12 heavy (non-hydrogen) atoms. The van der Waals surface area contributed by atoms with Gasteiger partial charge in [-0.1, -0.05) is 0 Å². The predicted molar refractivity (Wildman–Crippen MR) is 51.9 cm³/mol. The van der Waals surface area contributed by atoms with Crippen LogP contribution in [-0.4, -0.2) is 19.5 Å². The molecule has 0 aliphatic rings. The lowest BCUT2D eigenvalue weighted by Crippen LogP contribution is -1.97. The quantitative estimate of drug-likeness (QED) is 0.734. The van der Waals surface area contributed by atoms with Gasteiger partial charge in [0.15, 0.2) is 5.82 Å². The van der Waals surface area contributed by atoms with Crippen molar-refractivity contribution in [1.82, 2.24) is 19.5 Å². The van der Waals surface area contributed by atoms with Gasteiger partial charge in [0, 0.05) is 12.4 Å². The zero-order chi connectivity index (χ0) is 8.39. The Bertz CT molecular complexity index is 370. The highest BCUT2D eigenvalue weighted by atomic mass is 127. The second kappa shape index (κ2) is 3.18. The molecule has 0 spiro atoms. The minimum absolute atomic E-state index is 0.791. The summed E-state index contributed by atoms with van der Waals surface area (Å²) in [7, 11) is 0. The van der Waals surface area contributed by atoms with Crippen molar-refractivity contribution in [2.24, 2.45) is 0 Å². The van der Waals surface area contributed by atoms with Crippen LogP contribution in [-0.2, 0) is 0 Å². The number of nitrogens with zero attached hydrogens (tertiary/aromatic N) is 4. The van der Waals surface area contributed by atoms with Crippen LogP contribution in [0.15, 0.2) is 31.1 Å². The first-order valence-electron chi connectivity index (χ1n) is 3.32. The summed E-state index contributed by atoms with van der Waals surface area (Å²) in [5.41, 5.74) is 0. The van der Waals surface area contributed by atoms with Crippen molar-refractivity contribution in [3.8, 4) is 5.82 Å². The van der Waals surface area contributed by atoms with Gasteiger partial charge < -0.3 is 0 Å².